The molecule has 1 aliphatic heterocycles. The van der Waals surface area contributed by atoms with Crippen LogP contribution in [0.1, 0.15) is 18.9 Å². The molecule has 0 aliphatic carbocycles. The summed E-state index contributed by atoms with van der Waals surface area (Å²) < 4.78 is 42.7. The maximum atomic E-state index is 13.8. The van der Waals surface area contributed by atoms with Gasteiger partial charge in [-0.05, 0) is 25.1 Å². The summed E-state index contributed by atoms with van der Waals surface area (Å²) in [5.74, 6) is -4.63. The van der Waals surface area contributed by atoms with Gasteiger partial charge in [-0.2, -0.15) is 8.78 Å². The smallest absolute Gasteiger partial charge is 0.381 e. The molecule has 0 N–H and O–H groups in total. The molecule has 0 amide bonds. The molecule has 0 saturated heterocycles. The number of esters is 1. The van der Waals surface area contributed by atoms with Crippen LogP contribution in [0.25, 0.3) is 0 Å². The van der Waals surface area contributed by atoms with E-state index in [1.54, 1.807) is 0 Å². The normalized spacial score (nSPS) is 14.7. The van der Waals surface area contributed by atoms with Crippen molar-refractivity contribution in [3.05, 3.63) is 23.8 Å². The van der Waals surface area contributed by atoms with E-state index in [4.69, 9.17) is 9.47 Å². The van der Waals surface area contributed by atoms with Crippen LogP contribution in [-0.2, 0) is 15.5 Å². The van der Waals surface area contributed by atoms with Crippen LogP contribution in [-0.4, -0.2) is 25.8 Å². The first-order chi connectivity index (χ1) is 9.05. The fraction of sp³-hybridized carbons (Fsp3) is 0.462. The summed E-state index contributed by atoms with van der Waals surface area (Å²) in [5, 5.41) is 0. The molecule has 0 aromatic heterocycles. The molecular weight excluding hydrogens is 258 g/mol. The number of fused-ring (bicyclic) bond motifs is 1. The van der Waals surface area contributed by atoms with Gasteiger partial charge in [0, 0.05) is 12.0 Å². The van der Waals surface area contributed by atoms with Gasteiger partial charge in [-0.3, -0.25) is 0 Å². The van der Waals surface area contributed by atoms with Crippen LogP contribution in [0.15, 0.2) is 18.2 Å². The quantitative estimate of drug-likeness (QED) is 0.793. The van der Waals surface area contributed by atoms with Gasteiger partial charge in [0.25, 0.3) is 0 Å². The lowest BCUT2D eigenvalue weighted by molar-refractivity contribution is -0.173. The zero-order valence-electron chi connectivity index (χ0n) is 10.4. The lowest BCUT2D eigenvalue weighted by Gasteiger charge is -2.16. The van der Waals surface area contributed by atoms with E-state index in [0.717, 1.165) is 12.1 Å². The molecular formula is C13H14F2O4. The molecule has 104 valence electrons. The van der Waals surface area contributed by atoms with E-state index in [9.17, 15) is 13.6 Å². The molecule has 0 radical (unpaired) electrons. The number of alkyl halides is 2. The molecule has 6 heteroatoms. The first kappa shape index (κ1) is 13.6. The van der Waals surface area contributed by atoms with Gasteiger partial charge >= 0.3 is 11.9 Å². The molecule has 1 aromatic rings. The minimum absolute atomic E-state index is 0.0982. The summed E-state index contributed by atoms with van der Waals surface area (Å²) in [7, 11) is 0. The monoisotopic (exact) mass is 272 g/mol. The number of hydrogen-bond acceptors (Lipinski definition) is 4. The second kappa shape index (κ2) is 5.42. The van der Waals surface area contributed by atoms with Crippen LogP contribution in [0.3, 0.4) is 0 Å². The Kier molecular flexibility index (Phi) is 3.87. The topological polar surface area (TPSA) is 44.8 Å². The lowest BCUT2D eigenvalue weighted by atomic mass is 10.1. The van der Waals surface area contributed by atoms with Crippen LogP contribution in [0.2, 0.25) is 0 Å². The van der Waals surface area contributed by atoms with Gasteiger partial charge in [0.15, 0.2) is 11.5 Å². The highest BCUT2D eigenvalue weighted by Crippen LogP contribution is 2.37. The van der Waals surface area contributed by atoms with Crippen molar-refractivity contribution in [2.75, 3.05) is 19.8 Å². The predicted octanol–water partition coefficient (Wildman–Crippen LogP) is 2.50. The van der Waals surface area contributed by atoms with Gasteiger partial charge in [-0.1, -0.05) is 0 Å². The first-order valence-electron chi connectivity index (χ1n) is 6.01. The highest BCUT2D eigenvalue weighted by molar-refractivity contribution is 5.79. The minimum atomic E-state index is -3.69. The fourth-order valence-corrected chi connectivity index (χ4v) is 1.70. The van der Waals surface area contributed by atoms with Crippen LogP contribution in [0.5, 0.6) is 11.5 Å². The van der Waals surface area contributed by atoms with E-state index in [0.29, 0.717) is 25.4 Å². The van der Waals surface area contributed by atoms with Crippen molar-refractivity contribution in [2.24, 2.45) is 0 Å². The number of rotatable bonds is 3. The summed E-state index contributed by atoms with van der Waals surface area (Å²) in [6.45, 7) is 2.24. The van der Waals surface area contributed by atoms with E-state index >= 15 is 0 Å². The van der Waals surface area contributed by atoms with Gasteiger partial charge in [-0.25, -0.2) is 4.79 Å². The van der Waals surface area contributed by atoms with Crippen molar-refractivity contribution in [3.63, 3.8) is 0 Å². The Balaban J connectivity index is 2.30. The Hall–Kier alpha value is -1.85. The number of halogens is 2. The first-order valence-corrected chi connectivity index (χ1v) is 6.01. The Morgan fingerprint density at radius 2 is 2.00 bits per heavy atom. The van der Waals surface area contributed by atoms with Crippen molar-refractivity contribution in [2.45, 2.75) is 19.3 Å². The molecule has 2 rings (SSSR count). The van der Waals surface area contributed by atoms with E-state index in [1.165, 1.54) is 13.0 Å². The molecule has 4 nitrogen and oxygen atoms in total. The highest BCUT2D eigenvalue weighted by Gasteiger charge is 2.43. The third-order valence-electron chi connectivity index (χ3n) is 2.64. The fourth-order valence-electron chi connectivity index (χ4n) is 1.70. The van der Waals surface area contributed by atoms with E-state index < -0.39 is 17.5 Å². The number of carbonyl (C=O) groups is 1. The maximum Gasteiger partial charge on any atom is 0.381 e. The Morgan fingerprint density at radius 3 is 2.68 bits per heavy atom. The van der Waals surface area contributed by atoms with Crippen molar-refractivity contribution in [1.29, 1.82) is 0 Å². The van der Waals surface area contributed by atoms with Gasteiger partial charge in [-0.15, -0.1) is 0 Å². The summed E-state index contributed by atoms with van der Waals surface area (Å²) >= 11 is 0. The molecule has 0 saturated carbocycles. The zero-order chi connectivity index (χ0) is 13.9. The second-order valence-electron chi connectivity index (χ2n) is 4.01. The zero-order valence-corrected chi connectivity index (χ0v) is 10.4. The third kappa shape index (κ3) is 2.77. The standard InChI is InChI=1S/C13H14F2O4/c1-2-17-12(16)13(14,15)9-4-5-10-11(8-9)19-7-3-6-18-10/h4-5,8H,2-3,6-7H2,1H3. The van der Waals surface area contributed by atoms with Crippen molar-refractivity contribution in [3.8, 4) is 11.5 Å². The van der Waals surface area contributed by atoms with Crippen LogP contribution in [0.4, 0.5) is 8.78 Å². The Bertz CT molecular complexity index is 474. The molecule has 0 bridgehead atoms. The van der Waals surface area contributed by atoms with E-state index in [-0.39, 0.29) is 12.4 Å². The van der Waals surface area contributed by atoms with Gasteiger partial charge in [0.1, 0.15) is 0 Å². The molecule has 0 spiro atoms. The SMILES string of the molecule is CCOC(=O)C(F)(F)c1ccc2c(c1)OCCCO2. The summed E-state index contributed by atoms with van der Waals surface area (Å²) in [4.78, 5) is 11.3. The highest BCUT2D eigenvalue weighted by atomic mass is 19.3. The third-order valence-corrected chi connectivity index (χ3v) is 2.64. The molecule has 0 fully saturated rings. The van der Waals surface area contributed by atoms with Crippen LogP contribution in [0, 0.1) is 0 Å². The summed E-state index contributed by atoms with van der Waals surface area (Å²) in [6.07, 6.45) is 0.679. The number of benzene rings is 1. The molecule has 0 unspecified atom stereocenters. The average Bonchev–Trinajstić information content (AvgIpc) is 2.63. The number of ether oxygens (including phenoxy) is 3. The summed E-state index contributed by atoms with van der Waals surface area (Å²) in [6, 6.07) is 3.64. The minimum Gasteiger partial charge on any atom is -0.490 e. The predicted molar refractivity (Wildman–Crippen MR) is 62.6 cm³/mol. The summed E-state index contributed by atoms with van der Waals surface area (Å²) in [5.41, 5.74) is -0.463. The van der Waals surface area contributed by atoms with Gasteiger partial charge in [0.2, 0.25) is 0 Å². The largest absolute Gasteiger partial charge is 0.490 e. The van der Waals surface area contributed by atoms with Crippen LogP contribution < -0.4 is 9.47 Å². The Labute approximate surface area is 109 Å². The number of carbonyl (C=O) groups excluding carboxylic acids is 1. The van der Waals surface area contributed by atoms with Crippen LogP contribution >= 0.6 is 0 Å². The van der Waals surface area contributed by atoms with Gasteiger partial charge < -0.3 is 14.2 Å². The van der Waals surface area contributed by atoms with E-state index in [1.807, 2.05) is 0 Å². The molecule has 0 atom stereocenters. The van der Waals surface area contributed by atoms with Gasteiger partial charge in [0.05, 0.1) is 19.8 Å². The average molecular weight is 272 g/mol. The van der Waals surface area contributed by atoms with Crippen molar-refractivity contribution < 1.29 is 27.8 Å². The second-order valence-corrected chi connectivity index (χ2v) is 4.01. The Morgan fingerprint density at radius 1 is 1.32 bits per heavy atom. The molecule has 1 heterocycles. The maximum absolute atomic E-state index is 13.8. The van der Waals surface area contributed by atoms with Crippen molar-refractivity contribution in [1.82, 2.24) is 0 Å². The number of hydrogen-bond donors (Lipinski definition) is 0. The molecule has 19 heavy (non-hydrogen) atoms. The van der Waals surface area contributed by atoms with E-state index in [2.05, 4.69) is 4.74 Å². The molecule has 1 aliphatic rings. The lowest BCUT2D eigenvalue weighted by Crippen LogP contribution is -2.28. The molecule has 1 aromatic carbocycles. The van der Waals surface area contributed by atoms with Crippen molar-refractivity contribution >= 4 is 5.97 Å².